The molecule has 0 aromatic heterocycles. The van der Waals surface area contributed by atoms with Crippen molar-refractivity contribution in [1.29, 1.82) is 0 Å². The van der Waals surface area contributed by atoms with E-state index in [2.05, 4.69) is 5.32 Å². The minimum Gasteiger partial charge on any atom is -0.481 e. The van der Waals surface area contributed by atoms with Gasteiger partial charge < -0.3 is 15.5 Å². The zero-order chi connectivity index (χ0) is 14.7. The molecule has 0 amide bonds. The lowest BCUT2D eigenvalue weighted by Gasteiger charge is -2.19. The second kappa shape index (κ2) is 6.28. The minimum absolute atomic E-state index is 0.0464. The van der Waals surface area contributed by atoms with E-state index in [0.717, 1.165) is 10.5 Å². The summed E-state index contributed by atoms with van der Waals surface area (Å²) < 4.78 is 0. The Kier molecular flexibility index (Phi) is 4.67. The monoisotopic (exact) mass is 295 g/mol. The van der Waals surface area contributed by atoms with E-state index >= 15 is 0 Å². The number of aliphatic carboxylic acids is 2. The molecule has 0 bridgehead atoms. The van der Waals surface area contributed by atoms with Crippen LogP contribution in [-0.4, -0.2) is 40.0 Å². The summed E-state index contributed by atoms with van der Waals surface area (Å²) in [6.07, 6.45) is -0.131. The van der Waals surface area contributed by atoms with Crippen molar-refractivity contribution in [2.45, 2.75) is 29.5 Å². The van der Waals surface area contributed by atoms with Crippen LogP contribution < -0.4 is 5.32 Å². The van der Waals surface area contributed by atoms with Crippen molar-refractivity contribution in [2.75, 3.05) is 6.54 Å². The van der Waals surface area contributed by atoms with Crippen molar-refractivity contribution < 1.29 is 19.8 Å². The Bertz CT molecular complexity index is 502. The highest BCUT2D eigenvalue weighted by Crippen LogP contribution is 2.35. The molecule has 3 N–H and O–H groups in total. The summed E-state index contributed by atoms with van der Waals surface area (Å²) in [5.41, 5.74) is 1.16. The van der Waals surface area contributed by atoms with Gasteiger partial charge in [0.2, 0.25) is 0 Å². The lowest BCUT2D eigenvalue weighted by molar-refractivity contribution is -0.141. The van der Waals surface area contributed by atoms with Crippen LogP contribution in [-0.2, 0) is 9.59 Å². The third-order valence-electron chi connectivity index (χ3n) is 3.43. The van der Waals surface area contributed by atoms with E-state index in [-0.39, 0.29) is 11.7 Å². The fraction of sp³-hybridized carbons (Fsp3) is 0.429. The number of carboxylic acid groups (broad SMARTS) is 2. The molecule has 0 saturated carbocycles. The van der Waals surface area contributed by atoms with E-state index in [0.29, 0.717) is 6.54 Å². The third-order valence-corrected chi connectivity index (χ3v) is 4.79. The topological polar surface area (TPSA) is 86.6 Å². The zero-order valence-corrected chi connectivity index (χ0v) is 11.9. The highest BCUT2D eigenvalue weighted by molar-refractivity contribution is 8.00. The number of thioether (sulfide) groups is 1. The zero-order valence-electron chi connectivity index (χ0n) is 11.1. The smallest absolute Gasteiger partial charge is 0.321 e. The van der Waals surface area contributed by atoms with Crippen LogP contribution in [0.5, 0.6) is 0 Å². The van der Waals surface area contributed by atoms with Gasteiger partial charge in [0.1, 0.15) is 6.04 Å². The maximum Gasteiger partial charge on any atom is 0.321 e. The number of nitrogens with one attached hydrogen (secondary N) is 1. The lowest BCUT2D eigenvalue weighted by atomic mass is 9.96. The van der Waals surface area contributed by atoms with Gasteiger partial charge in [0.25, 0.3) is 0 Å². The second-order valence-electron chi connectivity index (χ2n) is 4.96. The molecule has 0 aliphatic carbocycles. The van der Waals surface area contributed by atoms with Gasteiger partial charge in [-0.15, -0.1) is 11.8 Å². The molecule has 0 radical (unpaired) electrons. The summed E-state index contributed by atoms with van der Waals surface area (Å²) in [4.78, 5) is 23.1. The Morgan fingerprint density at radius 1 is 1.30 bits per heavy atom. The van der Waals surface area contributed by atoms with Crippen LogP contribution >= 0.6 is 11.8 Å². The summed E-state index contributed by atoms with van der Waals surface area (Å²) in [5, 5.41) is 21.0. The van der Waals surface area contributed by atoms with Gasteiger partial charge in [-0.3, -0.25) is 9.59 Å². The van der Waals surface area contributed by atoms with Crippen LogP contribution in [0.15, 0.2) is 29.2 Å². The van der Waals surface area contributed by atoms with Crippen molar-refractivity contribution in [3.63, 3.8) is 0 Å². The molecular weight excluding hydrogens is 278 g/mol. The minimum atomic E-state index is -0.983. The molecule has 1 aromatic rings. The molecular formula is C14H17NO4S. The van der Waals surface area contributed by atoms with E-state index in [1.54, 1.807) is 11.8 Å². The molecule has 1 fully saturated rings. The summed E-state index contributed by atoms with van der Waals surface area (Å²) >= 11 is 1.54. The van der Waals surface area contributed by atoms with Crippen LogP contribution in [0.4, 0.5) is 0 Å². The quantitative estimate of drug-likeness (QED) is 0.765. The van der Waals surface area contributed by atoms with E-state index in [1.165, 1.54) is 0 Å². The molecule has 1 saturated heterocycles. The third kappa shape index (κ3) is 3.52. The molecule has 3 atom stereocenters. The van der Waals surface area contributed by atoms with Gasteiger partial charge in [0.15, 0.2) is 0 Å². The van der Waals surface area contributed by atoms with Gasteiger partial charge >= 0.3 is 11.9 Å². The highest BCUT2D eigenvalue weighted by Gasteiger charge is 2.41. The molecule has 1 aliphatic rings. The van der Waals surface area contributed by atoms with E-state index in [1.807, 2.05) is 31.2 Å². The Labute approximate surface area is 121 Å². The van der Waals surface area contributed by atoms with Crippen molar-refractivity contribution in [3.8, 4) is 0 Å². The number of carboxylic acids is 2. The summed E-state index contributed by atoms with van der Waals surface area (Å²) in [7, 11) is 0. The fourth-order valence-corrected chi connectivity index (χ4v) is 3.65. The molecule has 5 nitrogen and oxygen atoms in total. The summed E-state index contributed by atoms with van der Waals surface area (Å²) in [6, 6.07) is 7.16. The predicted octanol–water partition coefficient (Wildman–Crippen LogP) is 1.60. The number of rotatable bonds is 5. The molecule has 1 heterocycles. The second-order valence-corrected chi connectivity index (χ2v) is 6.27. The number of carbonyl (C=O) groups is 2. The maximum atomic E-state index is 11.2. The van der Waals surface area contributed by atoms with Gasteiger partial charge in [-0.05, 0) is 19.1 Å². The van der Waals surface area contributed by atoms with E-state index in [4.69, 9.17) is 10.2 Å². The highest BCUT2D eigenvalue weighted by atomic mass is 32.2. The number of aryl methyl sites for hydroxylation is 1. The first-order chi connectivity index (χ1) is 9.47. The van der Waals surface area contributed by atoms with Crippen LogP contribution in [0.1, 0.15) is 12.0 Å². The molecule has 6 heteroatoms. The van der Waals surface area contributed by atoms with Crippen LogP contribution in [0.25, 0.3) is 0 Å². The van der Waals surface area contributed by atoms with Crippen LogP contribution in [0, 0.1) is 12.8 Å². The Balaban J connectivity index is 2.11. The number of benzene rings is 1. The Morgan fingerprint density at radius 2 is 1.95 bits per heavy atom. The van der Waals surface area contributed by atoms with Crippen molar-refractivity contribution in [3.05, 3.63) is 29.8 Å². The molecule has 1 unspecified atom stereocenters. The fourth-order valence-electron chi connectivity index (χ4n) is 2.40. The predicted molar refractivity (Wildman–Crippen MR) is 76.0 cm³/mol. The molecule has 20 heavy (non-hydrogen) atoms. The molecule has 2 rings (SSSR count). The van der Waals surface area contributed by atoms with Crippen LogP contribution in [0.2, 0.25) is 0 Å². The largest absolute Gasteiger partial charge is 0.481 e. The molecule has 108 valence electrons. The Morgan fingerprint density at radius 3 is 2.50 bits per heavy atom. The van der Waals surface area contributed by atoms with Gasteiger partial charge in [0.05, 0.1) is 6.42 Å². The molecule has 1 aromatic carbocycles. The normalized spacial score (nSPS) is 25.6. The maximum absolute atomic E-state index is 11.2. The standard InChI is InChI=1S/C14H17NO4S/c1-8-2-4-9(5-3-8)20-11-7-15-13(14(18)19)10(11)6-12(16)17/h2-5,10-11,13,15H,6-7H2,1H3,(H,16,17)(H,18,19)/t10-,11-,13?/m0/s1. The van der Waals surface area contributed by atoms with Gasteiger partial charge in [0, 0.05) is 22.6 Å². The van der Waals surface area contributed by atoms with Crippen molar-refractivity contribution in [1.82, 2.24) is 5.32 Å². The average Bonchev–Trinajstić information content (AvgIpc) is 2.75. The average molecular weight is 295 g/mol. The lowest BCUT2D eigenvalue weighted by Crippen LogP contribution is -2.37. The SMILES string of the molecule is Cc1ccc(S[C@H]2CNC(C(=O)O)[C@H]2CC(=O)O)cc1. The molecule has 0 spiro atoms. The van der Waals surface area contributed by atoms with E-state index in [9.17, 15) is 9.59 Å². The van der Waals surface area contributed by atoms with Gasteiger partial charge in [-0.25, -0.2) is 0 Å². The Hall–Kier alpha value is -1.53. The van der Waals surface area contributed by atoms with Gasteiger partial charge in [-0.1, -0.05) is 17.7 Å². The summed E-state index contributed by atoms with van der Waals surface area (Å²) in [6.45, 7) is 2.51. The van der Waals surface area contributed by atoms with Crippen LogP contribution in [0.3, 0.4) is 0 Å². The first kappa shape index (κ1) is 14.9. The van der Waals surface area contributed by atoms with Crippen molar-refractivity contribution >= 4 is 23.7 Å². The number of hydrogen-bond acceptors (Lipinski definition) is 4. The summed E-state index contributed by atoms with van der Waals surface area (Å²) in [5.74, 6) is -2.35. The van der Waals surface area contributed by atoms with Gasteiger partial charge in [-0.2, -0.15) is 0 Å². The molecule has 1 aliphatic heterocycles. The first-order valence-electron chi connectivity index (χ1n) is 6.38. The first-order valence-corrected chi connectivity index (χ1v) is 7.26. The van der Waals surface area contributed by atoms with Crippen molar-refractivity contribution in [2.24, 2.45) is 5.92 Å². The van der Waals surface area contributed by atoms with E-state index < -0.39 is 23.9 Å². The number of hydrogen-bond donors (Lipinski definition) is 3.